The molecule has 0 N–H and O–H groups in total. The molecule has 29 heavy (non-hydrogen) atoms. The second-order valence-corrected chi connectivity index (χ2v) is 9.28. The van der Waals surface area contributed by atoms with E-state index in [1.54, 1.807) is 43.3 Å². The van der Waals surface area contributed by atoms with Crippen molar-refractivity contribution in [2.24, 2.45) is 0 Å². The lowest BCUT2D eigenvalue weighted by atomic mass is 10.1. The standard InChI is InChI=1S/C21H23F2N3O2S/c1-15-5-3-6-16(13-15)29(27,28)26-14-17(21(22)23)20-18(7-4-8-19(20)26)25-11-9-24(2)10-12-25/h3-8,13-14,21H,9-12H2,1-2H3. The summed E-state index contributed by atoms with van der Waals surface area (Å²) in [6, 6.07) is 11.6. The molecule has 1 aliphatic heterocycles. The molecule has 2 heterocycles. The minimum atomic E-state index is -4.00. The first-order chi connectivity index (χ1) is 13.8. The lowest BCUT2D eigenvalue weighted by Crippen LogP contribution is -2.44. The molecule has 0 unspecified atom stereocenters. The van der Waals surface area contributed by atoms with Crippen LogP contribution in [-0.2, 0) is 10.0 Å². The van der Waals surface area contributed by atoms with Crippen LogP contribution in [0.2, 0.25) is 0 Å². The number of hydrogen-bond donors (Lipinski definition) is 0. The Morgan fingerprint density at radius 3 is 2.34 bits per heavy atom. The molecule has 1 aliphatic rings. The van der Waals surface area contributed by atoms with Gasteiger partial charge in [0.15, 0.2) is 0 Å². The Morgan fingerprint density at radius 1 is 1.00 bits per heavy atom. The number of benzene rings is 2. The second-order valence-electron chi connectivity index (χ2n) is 7.46. The summed E-state index contributed by atoms with van der Waals surface area (Å²) < 4.78 is 55.4. The zero-order valence-corrected chi connectivity index (χ0v) is 17.2. The number of aryl methyl sites for hydroxylation is 1. The number of hydrogen-bond acceptors (Lipinski definition) is 4. The summed E-state index contributed by atoms with van der Waals surface area (Å²) in [5, 5.41) is 0.309. The maximum Gasteiger partial charge on any atom is 0.268 e. The second kappa shape index (κ2) is 7.42. The van der Waals surface area contributed by atoms with Crippen LogP contribution in [0.3, 0.4) is 0 Å². The molecule has 1 aromatic heterocycles. The molecule has 1 fully saturated rings. The molecule has 0 bridgehead atoms. The molecular weight excluding hydrogens is 396 g/mol. The molecule has 0 amide bonds. The monoisotopic (exact) mass is 419 g/mol. The quantitative estimate of drug-likeness (QED) is 0.644. The van der Waals surface area contributed by atoms with Crippen LogP contribution in [-0.4, -0.2) is 50.5 Å². The average Bonchev–Trinajstić information content (AvgIpc) is 3.09. The third kappa shape index (κ3) is 3.51. The number of piperazine rings is 1. The van der Waals surface area contributed by atoms with E-state index < -0.39 is 16.4 Å². The van der Waals surface area contributed by atoms with Gasteiger partial charge in [0.1, 0.15) is 0 Å². The van der Waals surface area contributed by atoms with Gasteiger partial charge >= 0.3 is 0 Å². The van der Waals surface area contributed by atoms with Gasteiger partial charge in [-0.1, -0.05) is 18.2 Å². The number of anilines is 1. The smallest absolute Gasteiger partial charge is 0.268 e. The van der Waals surface area contributed by atoms with Crippen molar-refractivity contribution in [1.82, 2.24) is 8.87 Å². The van der Waals surface area contributed by atoms with Crippen molar-refractivity contribution >= 4 is 26.6 Å². The first-order valence-electron chi connectivity index (χ1n) is 9.47. The summed E-state index contributed by atoms with van der Waals surface area (Å²) in [6.07, 6.45) is -1.70. The Balaban J connectivity index is 1.92. The van der Waals surface area contributed by atoms with Crippen LogP contribution in [0.5, 0.6) is 0 Å². The van der Waals surface area contributed by atoms with E-state index in [1.165, 1.54) is 6.07 Å². The molecule has 0 spiro atoms. The van der Waals surface area contributed by atoms with Gasteiger partial charge in [0.25, 0.3) is 16.4 Å². The molecule has 0 radical (unpaired) electrons. The Labute approximate surface area is 169 Å². The zero-order chi connectivity index (χ0) is 20.8. The van der Waals surface area contributed by atoms with Gasteiger partial charge in [-0.3, -0.25) is 0 Å². The molecule has 2 aromatic carbocycles. The number of alkyl halides is 2. The Bertz CT molecular complexity index is 1150. The Morgan fingerprint density at radius 2 is 1.69 bits per heavy atom. The number of rotatable bonds is 4. The molecule has 5 nitrogen and oxygen atoms in total. The van der Waals surface area contributed by atoms with E-state index >= 15 is 0 Å². The van der Waals surface area contributed by atoms with Gasteiger partial charge in [-0.05, 0) is 43.8 Å². The highest BCUT2D eigenvalue weighted by Gasteiger charge is 2.28. The van der Waals surface area contributed by atoms with Crippen molar-refractivity contribution in [3.05, 3.63) is 59.8 Å². The van der Waals surface area contributed by atoms with Gasteiger partial charge in [-0.15, -0.1) is 0 Å². The lowest BCUT2D eigenvalue weighted by Gasteiger charge is -2.34. The predicted octanol–water partition coefficient (Wildman–Crippen LogP) is 3.88. The summed E-state index contributed by atoms with van der Waals surface area (Å²) in [5.74, 6) is 0. The SMILES string of the molecule is Cc1cccc(S(=O)(=O)n2cc(C(F)F)c3c(N4CCN(C)CC4)cccc32)c1. The maximum atomic E-state index is 13.9. The highest BCUT2D eigenvalue weighted by Crippen LogP contribution is 2.38. The van der Waals surface area contributed by atoms with Crippen molar-refractivity contribution in [3.63, 3.8) is 0 Å². The van der Waals surface area contributed by atoms with Gasteiger partial charge in [0.05, 0.1) is 10.4 Å². The van der Waals surface area contributed by atoms with E-state index in [-0.39, 0.29) is 16.0 Å². The predicted molar refractivity (Wildman–Crippen MR) is 110 cm³/mol. The van der Waals surface area contributed by atoms with Crippen molar-refractivity contribution in [3.8, 4) is 0 Å². The fraction of sp³-hybridized carbons (Fsp3) is 0.333. The first-order valence-corrected chi connectivity index (χ1v) is 10.9. The summed E-state index contributed by atoms with van der Waals surface area (Å²) >= 11 is 0. The Hall–Kier alpha value is -2.45. The van der Waals surface area contributed by atoms with Crippen LogP contribution in [0.15, 0.2) is 53.6 Å². The van der Waals surface area contributed by atoms with Gasteiger partial charge in [0.2, 0.25) is 0 Å². The molecule has 1 saturated heterocycles. The van der Waals surface area contributed by atoms with Gasteiger partial charge < -0.3 is 9.80 Å². The van der Waals surface area contributed by atoms with Crippen LogP contribution in [0.25, 0.3) is 10.9 Å². The molecule has 0 saturated carbocycles. The maximum absolute atomic E-state index is 13.9. The van der Waals surface area contributed by atoms with Crippen LogP contribution in [0, 0.1) is 6.92 Å². The minimum Gasteiger partial charge on any atom is -0.368 e. The number of nitrogens with zero attached hydrogens (tertiary/aromatic N) is 3. The normalized spacial score (nSPS) is 16.1. The summed E-state index contributed by atoms with van der Waals surface area (Å²) in [6.45, 7) is 4.84. The largest absolute Gasteiger partial charge is 0.368 e. The molecule has 0 atom stereocenters. The summed E-state index contributed by atoms with van der Waals surface area (Å²) in [5.41, 5.74) is 1.46. The van der Waals surface area contributed by atoms with E-state index in [2.05, 4.69) is 9.80 Å². The fourth-order valence-electron chi connectivity index (χ4n) is 3.83. The summed E-state index contributed by atoms with van der Waals surface area (Å²) in [7, 11) is -1.98. The van der Waals surface area contributed by atoms with E-state index in [1.807, 2.05) is 7.05 Å². The van der Waals surface area contributed by atoms with Crippen molar-refractivity contribution in [1.29, 1.82) is 0 Å². The van der Waals surface area contributed by atoms with Crippen LogP contribution < -0.4 is 4.90 Å². The third-order valence-electron chi connectivity index (χ3n) is 5.43. The van der Waals surface area contributed by atoms with Gasteiger partial charge in [0, 0.05) is 49.0 Å². The van der Waals surface area contributed by atoms with Crippen molar-refractivity contribution in [2.45, 2.75) is 18.2 Å². The Kier molecular flexibility index (Phi) is 5.08. The number of halogens is 2. The zero-order valence-electron chi connectivity index (χ0n) is 16.3. The molecule has 4 rings (SSSR count). The summed E-state index contributed by atoms with van der Waals surface area (Å²) in [4.78, 5) is 4.32. The minimum absolute atomic E-state index is 0.0835. The fourth-order valence-corrected chi connectivity index (χ4v) is 5.31. The molecular formula is C21H23F2N3O2S. The van der Waals surface area contributed by atoms with Gasteiger partial charge in [-0.2, -0.15) is 0 Å². The molecule has 154 valence electrons. The van der Waals surface area contributed by atoms with E-state index in [0.29, 0.717) is 24.2 Å². The van der Waals surface area contributed by atoms with E-state index in [0.717, 1.165) is 28.8 Å². The third-order valence-corrected chi connectivity index (χ3v) is 7.10. The van der Waals surface area contributed by atoms with Gasteiger partial charge in [-0.25, -0.2) is 21.2 Å². The number of fused-ring (bicyclic) bond motifs is 1. The molecule has 0 aliphatic carbocycles. The number of aromatic nitrogens is 1. The topological polar surface area (TPSA) is 45.6 Å². The lowest BCUT2D eigenvalue weighted by molar-refractivity contribution is 0.153. The van der Waals surface area contributed by atoms with Crippen LogP contribution in [0.4, 0.5) is 14.5 Å². The first kappa shape index (κ1) is 19.8. The van der Waals surface area contributed by atoms with Crippen LogP contribution in [0.1, 0.15) is 17.6 Å². The highest BCUT2D eigenvalue weighted by molar-refractivity contribution is 7.90. The highest BCUT2D eigenvalue weighted by atomic mass is 32.2. The average molecular weight is 419 g/mol. The molecule has 3 aromatic rings. The van der Waals surface area contributed by atoms with Crippen LogP contribution >= 0.6 is 0 Å². The van der Waals surface area contributed by atoms with Crippen molar-refractivity contribution in [2.75, 3.05) is 38.1 Å². The van der Waals surface area contributed by atoms with Crippen molar-refractivity contribution < 1.29 is 17.2 Å². The van der Waals surface area contributed by atoms with E-state index in [9.17, 15) is 17.2 Å². The van der Waals surface area contributed by atoms with E-state index in [4.69, 9.17) is 0 Å². The number of likely N-dealkylation sites (N-methyl/N-ethyl adjacent to an activating group) is 1. The molecule has 8 heteroatoms.